The first-order chi connectivity index (χ1) is 8.58. The van der Waals surface area contributed by atoms with Crippen LogP contribution in [-0.2, 0) is 0 Å². The zero-order valence-corrected chi connectivity index (χ0v) is 11.8. The van der Waals surface area contributed by atoms with E-state index in [-0.39, 0.29) is 6.04 Å². The second-order valence-corrected chi connectivity index (χ2v) is 5.11. The van der Waals surface area contributed by atoms with Gasteiger partial charge in [-0.05, 0) is 44.0 Å². The van der Waals surface area contributed by atoms with Gasteiger partial charge in [0.15, 0.2) is 0 Å². The van der Waals surface area contributed by atoms with Crippen LogP contribution >= 0.6 is 11.6 Å². The summed E-state index contributed by atoms with van der Waals surface area (Å²) < 4.78 is 0. The highest BCUT2D eigenvalue weighted by Crippen LogP contribution is 2.27. The van der Waals surface area contributed by atoms with Gasteiger partial charge in [0, 0.05) is 16.8 Å². The van der Waals surface area contributed by atoms with Crippen LogP contribution in [0.4, 0.5) is 5.69 Å². The van der Waals surface area contributed by atoms with Crippen molar-refractivity contribution in [2.45, 2.75) is 26.8 Å². The maximum atomic E-state index is 6.21. The molecule has 0 aromatic heterocycles. The quantitative estimate of drug-likeness (QED) is 0.806. The fraction of sp³-hybridized carbons (Fsp3) is 0.250. The van der Waals surface area contributed by atoms with Crippen molar-refractivity contribution in [1.82, 2.24) is 0 Å². The molecule has 1 N–H and O–H groups in total. The van der Waals surface area contributed by atoms with Crippen LogP contribution in [0.15, 0.2) is 42.5 Å². The number of aryl methyl sites for hydroxylation is 2. The molecule has 1 atom stereocenters. The summed E-state index contributed by atoms with van der Waals surface area (Å²) in [7, 11) is 0. The summed E-state index contributed by atoms with van der Waals surface area (Å²) in [4.78, 5) is 0. The summed E-state index contributed by atoms with van der Waals surface area (Å²) in [6.45, 7) is 6.35. The summed E-state index contributed by atoms with van der Waals surface area (Å²) in [6.07, 6.45) is 0. The molecule has 0 bridgehead atoms. The Bertz CT molecular complexity index is 549. The molecule has 0 aliphatic rings. The van der Waals surface area contributed by atoms with Crippen molar-refractivity contribution in [3.63, 3.8) is 0 Å². The standard InChI is InChI=1S/C16H18ClN/c1-11-8-9-16(12(2)10-11)18-13(3)14-6-4-5-7-15(14)17/h4-10,13,18H,1-3H3. The van der Waals surface area contributed by atoms with E-state index in [1.807, 2.05) is 18.2 Å². The molecule has 1 unspecified atom stereocenters. The van der Waals surface area contributed by atoms with E-state index in [0.29, 0.717) is 0 Å². The minimum Gasteiger partial charge on any atom is -0.378 e. The first-order valence-electron chi connectivity index (χ1n) is 6.16. The van der Waals surface area contributed by atoms with Gasteiger partial charge in [-0.1, -0.05) is 47.5 Å². The Labute approximate surface area is 114 Å². The van der Waals surface area contributed by atoms with Gasteiger partial charge in [-0.15, -0.1) is 0 Å². The summed E-state index contributed by atoms with van der Waals surface area (Å²) in [5, 5.41) is 4.32. The van der Waals surface area contributed by atoms with Gasteiger partial charge >= 0.3 is 0 Å². The van der Waals surface area contributed by atoms with Gasteiger partial charge < -0.3 is 5.32 Å². The predicted octanol–water partition coefficient (Wildman–Crippen LogP) is 5.13. The van der Waals surface area contributed by atoms with Crippen LogP contribution in [0.5, 0.6) is 0 Å². The minimum absolute atomic E-state index is 0.195. The lowest BCUT2D eigenvalue weighted by Crippen LogP contribution is -2.08. The monoisotopic (exact) mass is 259 g/mol. The van der Waals surface area contributed by atoms with Gasteiger partial charge in [-0.25, -0.2) is 0 Å². The third-order valence-corrected chi connectivity index (χ3v) is 3.47. The average Bonchev–Trinajstić information content (AvgIpc) is 2.33. The van der Waals surface area contributed by atoms with Crippen LogP contribution in [0.1, 0.15) is 29.7 Å². The fourth-order valence-corrected chi connectivity index (χ4v) is 2.41. The van der Waals surface area contributed by atoms with Crippen molar-refractivity contribution in [3.05, 3.63) is 64.2 Å². The molecule has 0 aliphatic carbocycles. The van der Waals surface area contributed by atoms with Crippen LogP contribution in [-0.4, -0.2) is 0 Å². The second kappa shape index (κ2) is 5.45. The summed E-state index contributed by atoms with van der Waals surface area (Å²) >= 11 is 6.21. The molecule has 0 spiro atoms. The molecule has 2 heteroatoms. The molecule has 0 saturated heterocycles. The Balaban J connectivity index is 2.21. The van der Waals surface area contributed by atoms with E-state index >= 15 is 0 Å². The van der Waals surface area contributed by atoms with Crippen LogP contribution in [0, 0.1) is 13.8 Å². The second-order valence-electron chi connectivity index (χ2n) is 4.71. The summed E-state index contributed by atoms with van der Waals surface area (Å²) in [5.74, 6) is 0. The Kier molecular flexibility index (Phi) is 3.93. The normalized spacial score (nSPS) is 12.2. The fourth-order valence-electron chi connectivity index (χ4n) is 2.11. The average molecular weight is 260 g/mol. The number of benzene rings is 2. The lowest BCUT2D eigenvalue weighted by Gasteiger charge is -2.18. The molecule has 0 radical (unpaired) electrons. The van der Waals surface area contributed by atoms with Gasteiger partial charge in [0.1, 0.15) is 0 Å². The largest absolute Gasteiger partial charge is 0.378 e. The molecule has 0 aliphatic heterocycles. The number of hydrogen-bond acceptors (Lipinski definition) is 1. The minimum atomic E-state index is 0.195. The highest BCUT2D eigenvalue weighted by molar-refractivity contribution is 6.31. The number of nitrogens with one attached hydrogen (secondary N) is 1. The molecule has 2 aromatic carbocycles. The van der Waals surface area contributed by atoms with Crippen molar-refractivity contribution in [1.29, 1.82) is 0 Å². The Morgan fingerprint density at radius 3 is 2.44 bits per heavy atom. The molecule has 2 rings (SSSR count). The van der Waals surface area contributed by atoms with Crippen LogP contribution in [0.3, 0.4) is 0 Å². The molecule has 0 fully saturated rings. The topological polar surface area (TPSA) is 12.0 Å². The molecule has 0 amide bonds. The number of anilines is 1. The van der Waals surface area contributed by atoms with E-state index in [1.165, 1.54) is 11.1 Å². The zero-order valence-electron chi connectivity index (χ0n) is 11.0. The van der Waals surface area contributed by atoms with Gasteiger partial charge in [0.2, 0.25) is 0 Å². The number of rotatable bonds is 3. The van der Waals surface area contributed by atoms with Crippen LogP contribution in [0.2, 0.25) is 5.02 Å². The molecule has 0 saturated carbocycles. The van der Waals surface area contributed by atoms with Crippen molar-refractivity contribution >= 4 is 17.3 Å². The highest BCUT2D eigenvalue weighted by atomic mass is 35.5. The lowest BCUT2D eigenvalue weighted by atomic mass is 10.1. The first kappa shape index (κ1) is 13.0. The van der Waals surface area contributed by atoms with Gasteiger partial charge in [0.05, 0.1) is 0 Å². The Morgan fingerprint density at radius 1 is 1.06 bits per heavy atom. The number of hydrogen-bond donors (Lipinski definition) is 1. The SMILES string of the molecule is Cc1ccc(NC(C)c2ccccc2Cl)c(C)c1. The molecule has 1 nitrogen and oxygen atoms in total. The van der Waals surface area contributed by atoms with Crippen molar-refractivity contribution in [3.8, 4) is 0 Å². The maximum absolute atomic E-state index is 6.21. The zero-order chi connectivity index (χ0) is 13.1. The summed E-state index contributed by atoms with van der Waals surface area (Å²) in [5.41, 5.74) is 4.82. The van der Waals surface area contributed by atoms with E-state index in [1.54, 1.807) is 0 Å². The molecule has 0 heterocycles. The molecule has 18 heavy (non-hydrogen) atoms. The van der Waals surface area contributed by atoms with Crippen LogP contribution < -0.4 is 5.32 Å². The summed E-state index contributed by atoms with van der Waals surface area (Å²) in [6, 6.07) is 14.6. The van der Waals surface area contributed by atoms with Crippen molar-refractivity contribution in [2.24, 2.45) is 0 Å². The van der Waals surface area contributed by atoms with E-state index in [9.17, 15) is 0 Å². The molecule has 2 aromatic rings. The van der Waals surface area contributed by atoms with Crippen molar-refractivity contribution < 1.29 is 0 Å². The Hall–Kier alpha value is -1.47. The van der Waals surface area contributed by atoms with Gasteiger partial charge in [-0.2, -0.15) is 0 Å². The van der Waals surface area contributed by atoms with Gasteiger partial charge in [-0.3, -0.25) is 0 Å². The lowest BCUT2D eigenvalue weighted by molar-refractivity contribution is 0.882. The Morgan fingerprint density at radius 2 is 1.78 bits per heavy atom. The molecule has 94 valence electrons. The predicted molar refractivity (Wildman–Crippen MR) is 79.4 cm³/mol. The van der Waals surface area contributed by atoms with Gasteiger partial charge in [0.25, 0.3) is 0 Å². The molecular formula is C16H18ClN. The van der Waals surface area contributed by atoms with Crippen molar-refractivity contribution in [2.75, 3.05) is 5.32 Å². The highest BCUT2D eigenvalue weighted by Gasteiger charge is 2.09. The van der Waals surface area contributed by atoms with E-state index in [0.717, 1.165) is 16.3 Å². The smallest absolute Gasteiger partial charge is 0.0500 e. The van der Waals surface area contributed by atoms with E-state index in [2.05, 4.69) is 50.4 Å². The first-order valence-corrected chi connectivity index (χ1v) is 6.54. The third-order valence-electron chi connectivity index (χ3n) is 3.13. The van der Waals surface area contributed by atoms with E-state index in [4.69, 9.17) is 11.6 Å². The third kappa shape index (κ3) is 2.85. The molecular weight excluding hydrogens is 242 g/mol. The maximum Gasteiger partial charge on any atom is 0.0500 e. The number of halogens is 1. The van der Waals surface area contributed by atoms with Crippen LogP contribution in [0.25, 0.3) is 0 Å². The van der Waals surface area contributed by atoms with E-state index < -0.39 is 0 Å².